The Kier molecular flexibility index (Phi) is 4.24. The van der Waals surface area contributed by atoms with E-state index in [1.54, 1.807) is 0 Å². The quantitative estimate of drug-likeness (QED) is 0.862. The Labute approximate surface area is 122 Å². The minimum atomic E-state index is -5.26. The molecule has 0 radical (unpaired) electrons. The summed E-state index contributed by atoms with van der Waals surface area (Å²) in [6, 6.07) is 4.73. The maximum atomic E-state index is 12.4. The van der Waals surface area contributed by atoms with Gasteiger partial charge in [0.1, 0.15) is 0 Å². The molecule has 1 aromatic rings. The van der Waals surface area contributed by atoms with E-state index in [1.165, 1.54) is 12.1 Å². The van der Waals surface area contributed by atoms with Crippen molar-refractivity contribution >= 4 is 15.5 Å². The van der Waals surface area contributed by atoms with Crippen LogP contribution < -0.4 is 5.32 Å². The van der Waals surface area contributed by atoms with E-state index in [9.17, 15) is 21.6 Å². The third-order valence-corrected chi connectivity index (χ3v) is 5.38. The van der Waals surface area contributed by atoms with Gasteiger partial charge in [0.25, 0.3) is 9.84 Å². The molecule has 0 amide bonds. The zero-order valence-corrected chi connectivity index (χ0v) is 12.5. The molecular formula is C14H18F3NO2S. The normalized spacial score (nSPS) is 17.5. The Hall–Kier alpha value is -1.24. The monoisotopic (exact) mass is 321 g/mol. The van der Waals surface area contributed by atoms with E-state index >= 15 is 0 Å². The Morgan fingerprint density at radius 1 is 1.19 bits per heavy atom. The molecule has 0 spiro atoms. The molecule has 2 rings (SSSR count). The summed E-state index contributed by atoms with van der Waals surface area (Å²) >= 11 is 0. The predicted octanol–water partition coefficient (Wildman–Crippen LogP) is 3.97. The average Bonchev–Trinajstić information content (AvgIpc) is 3.16. The molecule has 0 aliphatic heterocycles. The minimum absolute atomic E-state index is 0.311. The van der Waals surface area contributed by atoms with Crippen LogP contribution in [0.4, 0.5) is 18.9 Å². The summed E-state index contributed by atoms with van der Waals surface area (Å²) in [5.41, 5.74) is -4.31. The summed E-state index contributed by atoms with van der Waals surface area (Å²) < 4.78 is 59.7. The summed E-state index contributed by atoms with van der Waals surface area (Å²) in [6.45, 7) is 2.89. The Bertz CT molecular complexity index is 590. The van der Waals surface area contributed by atoms with Crippen molar-refractivity contribution < 1.29 is 21.6 Å². The van der Waals surface area contributed by atoms with Crippen molar-refractivity contribution in [2.45, 2.75) is 43.0 Å². The van der Waals surface area contributed by atoms with Crippen LogP contribution in [0, 0.1) is 5.41 Å². The van der Waals surface area contributed by atoms with E-state index in [1.807, 2.05) is 0 Å². The van der Waals surface area contributed by atoms with Gasteiger partial charge in [-0.1, -0.05) is 13.3 Å². The molecule has 1 aliphatic carbocycles. The highest BCUT2D eigenvalue weighted by Crippen LogP contribution is 2.49. The summed E-state index contributed by atoms with van der Waals surface area (Å²) in [5, 5.41) is 3.17. The van der Waals surface area contributed by atoms with E-state index in [0.29, 0.717) is 11.1 Å². The fourth-order valence-electron chi connectivity index (χ4n) is 2.40. The third kappa shape index (κ3) is 3.51. The summed E-state index contributed by atoms with van der Waals surface area (Å²) in [4.78, 5) is -0.727. The fraction of sp³-hybridized carbons (Fsp3) is 0.571. The molecule has 0 aromatic heterocycles. The zero-order chi connectivity index (χ0) is 15.7. The summed E-state index contributed by atoms with van der Waals surface area (Å²) in [5.74, 6) is 0. The number of sulfone groups is 1. The van der Waals surface area contributed by atoms with E-state index in [-0.39, 0.29) is 0 Å². The largest absolute Gasteiger partial charge is 0.501 e. The molecule has 1 fully saturated rings. The molecule has 0 unspecified atom stereocenters. The first-order valence-corrected chi connectivity index (χ1v) is 8.34. The lowest BCUT2D eigenvalue weighted by molar-refractivity contribution is -0.0436. The Morgan fingerprint density at radius 3 is 2.19 bits per heavy atom. The first-order chi connectivity index (χ1) is 9.70. The zero-order valence-electron chi connectivity index (χ0n) is 11.7. The molecule has 3 nitrogen and oxygen atoms in total. The lowest BCUT2D eigenvalue weighted by Crippen LogP contribution is -2.23. The molecule has 7 heteroatoms. The van der Waals surface area contributed by atoms with Gasteiger partial charge in [0.2, 0.25) is 0 Å². The van der Waals surface area contributed by atoms with Crippen molar-refractivity contribution in [3.63, 3.8) is 0 Å². The van der Waals surface area contributed by atoms with Gasteiger partial charge in [0.05, 0.1) is 4.90 Å². The second kappa shape index (κ2) is 5.51. The fourth-order valence-corrected chi connectivity index (χ4v) is 3.16. The maximum Gasteiger partial charge on any atom is 0.501 e. The van der Waals surface area contributed by atoms with Crippen molar-refractivity contribution in [2.24, 2.45) is 5.41 Å². The average molecular weight is 321 g/mol. The molecule has 1 aliphatic rings. The highest BCUT2D eigenvalue weighted by molar-refractivity contribution is 7.92. The number of rotatable bonds is 6. The first kappa shape index (κ1) is 16.1. The van der Waals surface area contributed by atoms with Crippen molar-refractivity contribution in [1.82, 2.24) is 0 Å². The second-order valence-corrected chi connectivity index (χ2v) is 7.52. The standard InChI is InChI=1S/C14H18F3NO2S/c1-2-7-13(8-9-13)10-18-11-3-5-12(6-4-11)21(19,20)14(15,16)17/h3-6,18H,2,7-10H2,1H3. The molecule has 1 saturated carbocycles. The summed E-state index contributed by atoms with van der Waals surface area (Å²) in [7, 11) is -5.26. The van der Waals surface area contributed by atoms with Crippen molar-refractivity contribution in [3.05, 3.63) is 24.3 Å². The molecule has 21 heavy (non-hydrogen) atoms. The van der Waals surface area contributed by atoms with Gasteiger partial charge in [0, 0.05) is 12.2 Å². The van der Waals surface area contributed by atoms with Crippen LogP contribution in [0.3, 0.4) is 0 Å². The van der Waals surface area contributed by atoms with E-state index in [2.05, 4.69) is 12.2 Å². The lowest BCUT2D eigenvalue weighted by Gasteiger charge is -2.16. The molecule has 1 N–H and O–H groups in total. The number of nitrogens with one attached hydrogen (secondary N) is 1. The van der Waals surface area contributed by atoms with Crippen LogP contribution >= 0.6 is 0 Å². The van der Waals surface area contributed by atoms with Crippen molar-refractivity contribution in [3.8, 4) is 0 Å². The van der Waals surface area contributed by atoms with Crippen molar-refractivity contribution in [2.75, 3.05) is 11.9 Å². The smallest absolute Gasteiger partial charge is 0.384 e. The van der Waals surface area contributed by atoms with Crippen LogP contribution in [-0.4, -0.2) is 20.5 Å². The van der Waals surface area contributed by atoms with Crippen molar-refractivity contribution in [1.29, 1.82) is 0 Å². The van der Waals surface area contributed by atoms with Gasteiger partial charge in [0.15, 0.2) is 0 Å². The Morgan fingerprint density at radius 2 is 1.76 bits per heavy atom. The topological polar surface area (TPSA) is 46.2 Å². The van der Waals surface area contributed by atoms with Crippen LogP contribution in [-0.2, 0) is 9.84 Å². The molecule has 0 atom stereocenters. The number of benzene rings is 1. The van der Waals surface area contributed by atoms with Gasteiger partial charge in [-0.15, -0.1) is 0 Å². The number of halogens is 3. The van der Waals surface area contributed by atoms with Gasteiger partial charge in [-0.3, -0.25) is 0 Å². The van der Waals surface area contributed by atoms with Gasteiger partial charge >= 0.3 is 5.51 Å². The van der Waals surface area contributed by atoms with Gasteiger partial charge < -0.3 is 5.32 Å². The van der Waals surface area contributed by atoms with Crippen LogP contribution in [0.5, 0.6) is 0 Å². The van der Waals surface area contributed by atoms with Gasteiger partial charge in [-0.05, 0) is 48.9 Å². The predicted molar refractivity (Wildman–Crippen MR) is 74.7 cm³/mol. The summed E-state index contributed by atoms with van der Waals surface area (Å²) in [6.07, 6.45) is 4.55. The molecule has 0 saturated heterocycles. The molecule has 1 aromatic carbocycles. The molecule has 0 bridgehead atoms. The second-order valence-electron chi connectivity index (χ2n) is 5.58. The number of hydrogen-bond donors (Lipinski definition) is 1. The van der Waals surface area contributed by atoms with Crippen LogP contribution in [0.2, 0.25) is 0 Å². The highest BCUT2D eigenvalue weighted by atomic mass is 32.2. The van der Waals surface area contributed by atoms with Gasteiger partial charge in [-0.25, -0.2) is 8.42 Å². The number of hydrogen-bond acceptors (Lipinski definition) is 3. The third-order valence-electron chi connectivity index (χ3n) is 3.87. The minimum Gasteiger partial charge on any atom is -0.384 e. The molecular weight excluding hydrogens is 303 g/mol. The number of anilines is 1. The van der Waals surface area contributed by atoms with E-state index < -0.39 is 20.2 Å². The maximum absolute atomic E-state index is 12.4. The van der Waals surface area contributed by atoms with E-state index in [4.69, 9.17) is 0 Å². The van der Waals surface area contributed by atoms with Crippen LogP contribution in [0.15, 0.2) is 29.2 Å². The van der Waals surface area contributed by atoms with Gasteiger partial charge in [-0.2, -0.15) is 13.2 Å². The highest BCUT2D eigenvalue weighted by Gasteiger charge is 2.46. The number of alkyl halides is 3. The van der Waals surface area contributed by atoms with Crippen LogP contribution in [0.1, 0.15) is 32.6 Å². The van der Waals surface area contributed by atoms with Crippen LogP contribution in [0.25, 0.3) is 0 Å². The first-order valence-electron chi connectivity index (χ1n) is 6.85. The SMILES string of the molecule is CCCC1(CNc2ccc(S(=O)(=O)C(F)(F)F)cc2)CC1. The molecule has 118 valence electrons. The van der Waals surface area contributed by atoms with E-state index in [0.717, 1.165) is 44.4 Å². The lowest BCUT2D eigenvalue weighted by atomic mass is 10.0. The molecule has 0 heterocycles. The Balaban J connectivity index is 2.03.